The number of amides is 1. The van der Waals surface area contributed by atoms with Crippen LogP contribution in [0.3, 0.4) is 0 Å². The van der Waals surface area contributed by atoms with Crippen molar-refractivity contribution in [2.45, 2.75) is 0 Å². The molecule has 9 heteroatoms. The van der Waals surface area contributed by atoms with Crippen LogP contribution in [0.4, 0.5) is 5.69 Å². The van der Waals surface area contributed by atoms with Gasteiger partial charge in [0.2, 0.25) is 5.88 Å². The Bertz CT molecular complexity index is 981. The second-order valence-corrected chi connectivity index (χ2v) is 6.06. The Morgan fingerprint density at radius 2 is 1.89 bits per heavy atom. The van der Waals surface area contributed by atoms with Gasteiger partial charge in [0.05, 0.1) is 27.7 Å². The Morgan fingerprint density at radius 3 is 2.57 bits per heavy atom. The normalized spacial score (nSPS) is 10.3. The van der Waals surface area contributed by atoms with Crippen molar-refractivity contribution in [3.8, 4) is 17.1 Å². The summed E-state index contributed by atoms with van der Waals surface area (Å²) >= 11 is 5.94. The quantitative estimate of drug-likeness (QED) is 0.370. The fourth-order valence-corrected chi connectivity index (χ4v) is 2.58. The van der Waals surface area contributed by atoms with Crippen molar-refractivity contribution in [3.05, 3.63) is 81.4 Å². The molecule has 0 fully saturated rings. The second kappa shape index (κ2) is 8.92. The molecule has 0 aliphatic heterocycles. The summed E-state index contributed by atoms with van der Waals surface area (Å²) in [5, 5.41) is 21.6. The summed E-state index contributed by atoms with van der Waals surface area (Å²) in [5.41, 5.74) is 1.49. The number of nitrogens with zero attached hydrogens (tertiary/aromatic N) is 3. The molecule has 1 amide bonds. The lowest BCUT2D eigenvalue weighted by Crippen LogP contribution is -2.28. The lowest BCUT2D eigenvalue weighted by atomic mass is 10.1. The van der Waals surface area contributed by atoms with Gasteiger partial charge < -0.3 is 10.1 Å². The maximum atomic E-state index is 12.2. The standard InChI is InChI=1S/C19H15ClN4O4/c20-16-7-6-14(24(26)27)12-15(16)19(25)21-10-11-28-18-9-8-17(22-23-18)13-4-2-1-3-5-13/h1-9,12H,10-11H2,(H,21,25). The van der Waals surface area contributed by atoms with Gasteiger partial charge in [-0.15, -0.1) is 10.2 Å². The van der Waals surface area contributed by atoms with E-state index in [1.165, 1.54) is 12.1 Å². The number of ether oxygens (including phenoxy) is 1. The highest BCUT2D eigenvalue weighted by Crippen LogP contribution is 2.22. The molecule has 1 aromatic heterocycles. The van der Waals surface area contributed by atoms with Crippen LogP contribution in [0.1, 0.15) is 10.4 Å². The summed E-state index contributed by atoms with van der Waals surface area (Å²) in [5.74, 6) is -0.204. The number of non-ortho nitro benzene ring substituents is 1. The van der Waals surface area contributed by atoms with Crippen molar-refractivity contribution in [1.82, 2.24) is 15.5 Å². The Balaban J connectivity index is 1.51. The predicted molar refractivity (Wildman–Crippen MR) is 103 cm³/mol. The molecule has 3 rings (SSSR count). The van der Waals surface area contributed by atoms with Gasteiger partial charge in [-0.2, -0.15) is 0 Å². The summed E-state index contributed by atoms with van der Waals surface area (Å²) < 4.78 is 5.45. The number of benzene rings is 2. The molecule has 1 N–H and O–H groups in total. The van der Waals surface area contributed by atoms with Crippen LogP contribution >= 0.6 is 11.6 Å². The van der Waals surface area contributed by atoms with E-state index >= 15 is 0 Å². The molecule has 1 heterocycles. The van der Waals surface area contributed by atoms with Gasteiger partial charge >= 0.3 is 0 Å². The molecule has 0 saturated carbocycles. The van der Waals surface area contributed by atoms with Crippen molar-refractivity contribution < 1.29 is 14.5 Å². The minimum absolute atomic E-state index is 0.0304. The minimum atomic E-state index is -0.589. The molecule has 142 valence electrons. The number of carbonyl (C=O) groups is 1. The number of carbonyl (C=O) groups excluding carboxylic acids is 1. The van der Waals surface area contributed by atoms with Gasteiger partial charge in [-0.3, -0.25) is 14.9 Å². The van der Waals surface area contributed by atoms with Gasteiger partial charge in [-0.25, -0.2) is 0 Å². The van der Waals surface area contributed by atoms with Gasteiger partial charge in [-0.05, 0) is 12.1 Å². The molecule has 28 heavy (non-hydrogen) atoms. The van der Waals surface area contributed by atoms with Gasteiger partial charge in [0.25, 0.3) is 11.6 Å². The molecule has 2 aromatic carbocycles. The molecule has 0 radical (unpaired) electrons. The van der Waals surface area contributed by atoms with E-state index in [9.17, 15) is 14.9 Å². The Labute approximate surface area is 165 Å². The number of nitro groups is 1. The van der Waals surface area contributed by atoms with Crippen LogP contribution < -0.4 is 10.1 Å². The zero-order valence-corrected chi connectivity index (χ0v) is 15.3. The maximum absolute atomic E-state index is 12.2. The van der Waals surface area contributed by atoms with E-state index < -0.39 is 10.8 Å². The zero-order valence-electron chi connectivity index (χ0n) is 14.5. The summed E-state index contributed by atoms with van der Waals surface area (Å²) in [6, 6.07) is 16.8. The van der Waals surface area contributed by atoms with E-state index in [-0.39, 0.29) is 29.4 Å². The number of hydrogen-bond donors (Lipinski definition) is 1. The molecular formula is C19H15ClN4O4. The van der Waals surface area contributed by atoms with Gasteiger partial charge in [0, 0.05) is 23.8 Å². The molecular weight excluding hydrogens is 384 g/mol. The maximum Gasteiger partial charge on any atom is 0.270 e. The number of aromatic nitrogens is 2. The topological polar surface area (TPSA) is 107 Å². The van der Waals surface area contributed by atoms with Crippen molar-refractivity contribution in [1.29, 1.82) is 0 Å². The second-order valence-electron chi connectivity index (χ2n) is 5.65. The van der Waals surface area contributed by atoms with Gasteiger partial charge in [0.15, 0.2) is 0 Å². The molecule has 3 aromatic rings. The fraction of sp³-hybridized carbons (Fsp3) is 0.105. The summed E-state index contributed by atoms with van der Waals surface area (Å²) in [4.78, 5) is 22.4. The summed E-state index contributed by atoms with van der Waals surface area (Å²) in [6.07, 6.45) is 0. The fourth-order valence-electron chi connectivity index (χ4n) is 2.38. The Hall–Kier alpha value is -3.52. The van der Waals surface area contributed by atoms with Crippen LogP contribution in [0.5, 0.6) is 5.88 Å². The van der Waals surface area contributed by atoms with E-state index in [0.29, 0.717) is 5.88 Å². The molecule has 0 aliphatic rings. The van der Waals surface area contributed by atoms with Crippen molar-refractivity contribution in [2.24, 2.45) is 0 Å². The molecule has 0 saturated heterocycles. The van der Waals surface area contributed by atoms with Crippen LogP contribution in [0.25, 0.3) is 11.3 Å². The zero-order chi connectivity index (χ0) is 19.9. The molecule has 8 nitrogen and oxygen atoms in total. The van der Waals surface area contributed by atoms with Crippen molar-refractivity contribution >= 4 is 23.2 Å². The lowest BCUT2D eigenvalue weighted by Gasteiger charge is -2.08. The number of rotatable bonds is 7. The largest absolute Gasteiger partial charge is 0.475 e. The van der Waals surface area contributed by atoms with E-state index in [0.717, 1.165) is 17.3 Å². The lowest BCUT2D eigenvalue weighted by molar-refractivity contribution is -0.384. The first kappa shape index (κ1) is 19.2. The third-order valence-electron chi connectivity index (χ3n) is 3.75. The third kappa shape index (κ3) is 4.80. The predicted octanol–water partition coefficient (Wildman–Crippen LogP) is 3.51. The van der Waals surface area contributed by atoms with E-state index in [1.54, 1.807) is 12.1 Å². The average molecular weight is 399 g/mol. The minimum Gasteiger partial charge on any atom is -0.475 e. The number of halogens is 1. The highest BCUT2D eigenvalue weighted by atomic mass is 35.5. The first-order chi connectivity index (χ1) is 13.5. The van der Waals surface area contributed by atoms with E-state index in [1.807, 2.05) is 30.3 Å². The molecule has 0 spiro atoms. The third-order valence-corrected chi connectivity index (χ3v) is 4.08. The summed E-state index contributed by atoms with van der Waals surface area (Å²) in [6.45, 7) is 0.317. The Morgan fingerprint density at radius 1 is 1.11 bits per heavy atom. The molecule has 0 unspecified atom stereocenters. The van der Waals surface area contributed by atoms with Gasteiger partial charge in [0.1, 0.15) is 6.61 Å². The first-order valence-electron chi connectivity index (χ1n) is 8.28. The van der Waals surface area contributed by atoms with Crippen molar-refractivity contribution in [3.63, 3.8) is 0 Å². The molecule has 0 aliphatic carbocycles. The van der Waals surface area contributed by atoms with Crippen LogP contribution in [-0.2, 0) is 0 Å². The Kier molecular flexibility index (Phi) is 6.13. The van der Waals surface area contributed by atoms with Crippen LogP contribution in [-0.4, -0.2) is 34.2 Å². The monoisotopic (exact) mass is 398 g/mol. The number of nitro benzene ring substituents is 1. The first-order valence-corrected chi connectivity index (χ1v) is 8.66. The molecule has 0 atom stereocenters. The molecule has 0 bridgehead atoms. The van der Waals surface area contributed by atoms with E-state index in [2.05, 4.69) is 15.5 Å². The van der Waals surface area contributed by atoms with Crippen LogP contribution in [0, 0.1) is 10.1 Å². The van der Waals surface area contributed by atoms with Gasteiger partial charge in [-0.1, -0.05) is 41.9 Å². The number of nitrogens with one attached hydrogen (secondary N) is 1. The summed E-state index contributed by atoms with van der Waals surface area (Å²) in [7, 11) is 0. The van der Waals surface area contributed by atoms with Crippen molar-refractivity contribution in [2.75, 3.05) is 13.2 Å². The van der Waals surface area contributed by atoms with Crippen LogP contribution in [0.2, 0.25) is 5.02 Å². The number of hydrogen-bond acceptors (Lipinski definition) is 6. The highest BCUT2D eigenvalue weighted by molar-refractivity contribution is 6.33. The smallest absolute Gasteiger partial charge is 0.270 e. The highest BCUT2D eigenvalue weighted by Gasteiger charge is 2.15. The average Bonchev–Trinajstić information content (AvgIpc) is 2.72. The SMILES string of the molecule is O=C(NCCOc1ccc(-c2ccccc2)nn1)c1cc([N+](=O)[O-])ccc1Cl. The van der Waals surface area contributed by atoms with Crippen LogP contribution in [0.15, 0.2) is 60.7 Å². The van der Waals surface area contributed by atoms with E-state index in [4.69, 9.17) is 16.3 Å².